The van der Waals surface area contributed by atoms with Gasteiger partial charge in [-0.15, -0.1) is 0 Å². The average Bonchev–Trinajstić information content (AvgIpc) is 3.31. The van der Waals surface area contributed by atoms with Crippen LogP contribution in [0, 0.1) is 5.92 Å². The summed E-state index contributed by atoms with van der Waals surface area (Å²) in [4.78, 5) is 40.0. The van der Waals surface area contributed by atoms with E-state index in [1.807, 2.05) is 30.3 Å². The number of rotatable bonds is 8. The predicted octanol–water partition coefficient (Wildman–Crippen LogP) is 4.51. The van der Waals surface area contributed by atoms with Crippen molar-refractivity contribution in [2.24, 2.45) is 5.92 Å². The monoisotopic (exact) mass is 487 g/mol. The maximum Gasteiger partial charge on any atom is 0.255 e. The highest BCUT2D eigenvalue weighted by atomic mass is 16.5. The van der Waals surface area contributed by atoms with Gasteiger partial charge in [0, 0.05) is 36.3 Å². The van der Waals surface area contributed by atoms with Crippen LogP contribution in [0.3, 0.4) is 0 Å². The molecule has 1 aliphatic heterocycles. The van der Waals surface area contributed by atoms with Crippen molar-refractivity contribution >= 4 is 34.8 Å². The molecule has 0 aromatic heterocycles. The average molecular weight is 488 g/mol. The molecular formula is C28H29N3O5. The van der Waals surface area contributed by atoms with Crippen LogP contribution in [-0.2, 0) is 16.0 Å². The van der Waals surface area contributed by atoms with E-state index in [2.05, 4.69) is 17.6 Å². The van der Waals surface area contributed by atoms with E-state index in [1.54, 1.807) is 41.3 Å². The van der Waals surface area contributed by atoms with Gasteiger partial charge >= 0.3 is 0 Å². The molecule has 0 spiro atoms. The van der Waals surface area contributed by atoms with E-state index in [0.717, 1.165) is 12.1 Å². The van der Waals surface area contributed by atoms with Crippen molar-refractivity contribution in [1.82, 2.24) is 0 Å². The van der Waals surface area contributed by atoms with Crippen LogP contribution in [0.25, 0.3) is 0 Å². The highest BCUT2D eigenvalue weighted by Gasteiger charge is 2.35. The number of aryl methyl sites for hydroxylation is 1. The quantitative estimate of drug-likeness (QED) is 0.487. The van der Waals surface area contributed by atoms with Crippen molar-refractivity contribution in [2.45, 2.75) is 19.8 Å². The summed E-state index contributed by atoms with van der Waals surface area (Å²) in [6.07, 6.45) is 1.03. The van der Waals surface area contributed by atoms with Gasteiger partial charge < -0.3 is 25.0 Å². The fraction of sp³-hybridized carbons (Fsp3) is 0.250. The molecule has 36 heavy (non-hydrogen) atoms. The van der Waals surface area contributed by atoms with Gasteiger partial charge in [0.25, 0.3) is 5.91 Å². The number of nitrogens with zero attached hydrogens (tertiary/aromatic N) is 1. The Balaban J connectivity index is 1.49. The van der Waals surface area contributed by atoms with Crippen molar-refractivity contribution in [3.63, 3.8) is 0 Å². The van der Waals surface area contributed by atoms with Gasteiger partial charge in [0.15, 0.2) is 0 Å². The van der Waals surface area contributed by atoms with Crippen LogP contribution >= 0.6 is 0 Å². The molecule has 1 heterocycles. The molecule has 1 aliphatic rings. The molecule has 1 atom stereocenters. The van der Waals surface area contributed by atoms with Gasteiger partial charge in [-0.3, -0.25) is 14.4 Å². The maximum absolute atomic E-state index is 13.1. The molecule has 1 saturated heterocycles. The molecule has 8 nitrogen and oxygen atoms in total. The second-order valence-electron chi connectivity index (χ2n) is 8.49. The van der Waals surface area contributed by atoms with Gasteiger partial charge in [-0.25, -0.2) is 0 Å². The first kappa shape index (κ1) is 24.8. The number of ether oxygens (including phenoxy) is 2. The van der Waals surface area contributed by atoms with Gasteiger partial charge in [-0.1, -0.05) is 37.3 Å². The zero-order valence-electron chi connectivity index (χ0n) is 20.5. The van der Waals surface area contributed by atoms with E-state index < -0.39 is 5.92 Å². The number of nitrogens with one attached hydrogen (secondary N) is 2. The van der Waals surface area contributed by atoms with E-state index in [4.69, 9.17) is 9.47 Å². The lowest BCUT2D eigenvalue weighted by Gasteiger charge is -2.18. The molecule has 0 bridgehead atoms. The van der Waals surface area contributed by atoms with Crippen molar-refractivity contribution < 1.29 is 23.9 Å². The van der Waals surface area contributed by atoms with E-state index in [9.17, 15) is 14.4 Å². The fourth-order valence-corrected chi connectivity index (χ4v) is 4.16. The molecule has 3 aromatic carbocycles. The molecule has 0 radical (unpaired) electrons. The van der Waals surface area contributed by atoms with Crippen molar-refractivity contribution in [3.05, 3.63) is 77.9 Å². The fourth-order valence-electron chi connectivity index (χ4n) is 4.16. The molecule has 3 aromatic rings. The van der Waals surface area contributed by atoms with E-state index in [-0.39, 0.29) is 24.1 Å². The number of hydrogen-bond donors (Lipinski definition) is 2. The number of anilines is 3. The Kier molecular flexibility index (Phi) is 7.53. The van der Waals surface area contributed by atoms with Crippen LogP contribution in [0.5, 0.6) is 11.5 Å². The minimum absolute atomic E-state index is 0.0945. The van der Waals surface area contributed by atoms with Crippen molar-refractivity contribution in [1.29, 1.82) is 0 Å². The Morgan fingerprint density at radius 2 is 1.53 bits per heavy atom. The molecule has 0 aliphatic carbocycles. The third kappa shape index (κ3) is 5.33. The minimum atomic E-state index is -0.517. The summed E-state index contributed by atoms with van der Waals surface area (Å²) < 4.78 is 10.9. The number of benzene rings is 3. The Hall–Kier alpha value is -4.33. The highest BCUT2D eigenvalue weighted by molar-refractivity contribution is 6.06. The molecule has 1 unspecified atom stereocenters. The van der Waals surface area contributed by atoms with Crippen LogP contribution in [-0.4, -0.2) is 38.5 Å². The lowest BCUT2D eigenvalue weighted by Crippen LogP contribution is -2.28. The summed E-state index contributed by atoms with van der Waals surface area (Å²) in [7, 11) is 2.95. The van der Waals surface area contributed by atoms with Gasteiger partial charge in [-0.2, -0.15) is 0 Å². The van der Waals surface area contributed by atoms with Crippen LogP contribution in [0.4, 0.5) is 17.1 Å². The van der Waals surface area contributed by atoms with Gasteiger partial charge in [0.2, 0.25) is 11.8 Å². The van der Waals surface area contributed by atoms with Crippen molar-refractivity contribution in [2.75, 3.05) is 36.3 Å². The first-order chi connectivity index (χ1) is 17.4. The highest BCUT2D eigenvalue weighted by Crippen LogP contribution is 2.37. The molecule has 3 amide bonds. The zero-order valence-corrected chi connectivity index (χ0v) is 20.5. The third-order valence-electron chi connectivity index (χ3n) is 6.22. The third-order valence-corrected chi connectivity index (χ3v) is 6.22. The Bertz CT molecular complexity index is 1260. The first-order valence-corrected chi connectivity index (χ1v) is 11.8. The molecule has 4 rings (SSSR count). The van der Waals surface area contributed by atoms with Crippen LogP contribution < -0.4 is 25.0 Å². The van der Waals surface area contributed by atoms with E-state index in [1.165, 1.54) is 19.8 Å². The lowest BCUT2D eigenvalue weighted by atomic mass is 10.1. The molecule has 186 valence electrons. The summed E-state index contributed by atoms with van der Waals surface area (Å²) in [6.45, 7) is 2.37. The standard InChI is InChI=1S/C28H29N3O5/c1-4-18-10-12-21(13-11-18)31-17-20(14-26(31)32)28(34)30-23-16-24(35-2)22(15-25(23)36-3)29-27(33)19-8-6-5-7-9-19/h5-13,15-16,20H,4,14,17H2,1-3H3,(H,29,33)(H,30,34). The Morgan fingerprint density at radius 1 is 0.917 bits per heavy atom. The Morgan fingerprint density at radius 3 is 2.11 bits per heavy atom. The summed E-state index contributed by atoms with van der Waals surface area (Å²) in [5.41, 5.74) is 3.25. The van der Waals surface area contributed by atoms with Crippen LogP contribution in [0.2, 0.25) is 0 Å². The molecular weight excluding hydrogens is 458 g/mol. The number of carbonyl (C=O) groups is 3. The van der Waals surface area contributed by atoms with Gasteiger partial charge in [0.05, 0.1) is 31.5 Å². The molecule has 2 N–H and O–H groups in total. The van der Waals surface area contributed by atoms with E-state index in [0.29, 0.717) is 35.0 Å². The molecule has 1 fully saturated rings. The SMILES string of the molecule is CCc1ccc(N2CC(C(=O)Nc3cc(OC)c(NC(=O)c4ccccc4)cc3OC)CC2=O)cc1. The summed E-state index contributed by atoms with van der Waals surface area (Å²) in [5, 5.41) is 5.68. The number of methoxy groups -OCH3 is 2. The van der Waals surface area contributed by atoms with Gasteiger partial charge in [0.1, 0.15) is 11.5 Å². The lowest BCUT2D eigenvalue weighted by molar-refractivity contribution is -0.122. The minimum Gasteiger partial charge on any atom is -0.494 e. The summed E-state index contributed by atoms with van der Waals surface area (Å²) >= 11 is 0. The second kappa shape index (κ2) is 10.9. The maximum atomic E-state index is 13.1. The molecule has 0 saturated carbocycles. The normalized spacial score (nSPS) is 14.9. The van der Waals surface area contributed by atoms with Crippen LogP contribution in [0.1, 0.15) is 29.3 Å². The van der Waals surface area contributed by atoms with Crippen molar-refractivity contribution in [3.8, 4) is 11.5 Å². The summed E-state index contributed by atoms with van der Waals surface area (Å²) in [5.74, 6) is -0.500. The number of hydrogen-bond acceptors (Lipinski definition) is 5. The topological polar surface area (TPSA) is 97.0 Å². The second-order valence-corrected chi connectivity index (χ2v) is 8.49. The van der Waals surface area contributed by atoms with Crippen LogP contribution in [0.15, 0.2) is 66.7 Å². The van der Waals surface area contributed by atoms with Gasteiger partial charge in [-0.05, 0) is 36.2 Å². The number of carbonyl (C=O) groups excluding carboxylic acids is 3. The number of amides is 3. The summed E-state index contributed by atoms with van der Waals surface area (Å²) in [6, 6.07) is 19.8. The largest absolute Gasteiger partial charge is 0.494 e. The zero-order chi connectivity index (χ0) is 25.7. The van der Waals surface area contributed by atoms with E-state index >= 15 is 0 Å². The molecule has 8 heteroatoms. The predicted molar refractivity (Wildman–Crippen MR) is 139 cm³/mol. The first-order valence-electron chi connectivity index (χ1n) is 11.8. The Labute approximate surface area is 210 Å². The smallest absolute Gasteiger partial charge is 0.255 e.